The molecule has 1 atom stereocenters. The van der Waals surface area contributed by atoms with Gasteiger partial charge in [0.05, 0.1) is 6.04 Å². The van der Waals surface area contributed by atoms with Gasteiger partial charge in [0.2, 0.25) is 0 Å². The van der Waals surface area contributed by atoms with Crippen molar-refractivity contribution in [3.8, 4) is 0 Å². The normalized spacial score (nSPS) is 15.2. The van der Waals surface area contributed by atoms with Gasteiger partial charge in [-0.25, -0.2) is 0 Å². The quantitative estimate of drug-likeness (QED) is 0.616. The summed E-state index contributed by atoms with van der Waals surface area (Å²) in [6.45, 7) is 4.44. The van der Waals surface area contributed by atoms with Crippen LogP contribution in [0.4, 0.5) is 11.4 Å². The van der Waals surface area contributed by atoms with Gasteiger partial charge in [0.15, 0.2) is 0 Å². The van der Waals surface area contributed by atoms with Crippen LogP contribution in [0.2, 0.25) is 0 Å². The molecule has 0 saturated carbocycles. The monoisotopic (exact) mass is 428 g/mol. The fourth-order valence-electron chi connectivity index (χ4n) is 4.26. The number of nitrogens with one attached hydrogen (secondary N) is 1. The molecule has 0 aromatic heterocycles. The van der Waals surface area contributed by atoms with Crippen molar-refractivity contribution in [3.05, 3.63) is 96.1 Å². The van der Waals surface area contributed by atoms with Gasteiger partial charge < -0.3 is 15.1 Å². The topological polar surface area (TPSA) is 38.8 Å². The van der Waals surface area contributed by atoms with E-state index in [9.17, 15) is 4.79 Å². The largest absolute Gasteiger partial charge is 0.378 e. The highest BCUT2D eigenvalue weighted by Crippen LogP contribution is 2.26. The standard InChI is InChI=1S/C27H32N4O/c1-29(2)24-15-13-22(14-16-24)26(21-28-27(32)23-9-5-3-6-10-23)31-19-17-30(18-20-31)25-11-7-4-8-12-25/h3-16,26H,17-21H2,1-2H3,(H,28,32). The Morgan fingerprint density at radius 2 is 1.44 bits per heavy atom. The summed E-state index contributed by atoms with van der Waals surface area (Å²) in [5, 5.41) is 3.17. The third kappa shape index (κ3) is 5.29. The van der Waals surface area contributed by atoms with Crippen LogP contribution in [0, 0.1) is 0 Å². The molecule has 0 bridgehead atoms. The fourth-order valence-corrected chi connectivity index (χ4v) is 4.26. The molecule has 3 aromatic carbocycles. The molecule has 0 aliphatic carbocycles. The molecular formula is C27H32N4O. The van der Waals surface area contributed by atoms with Crippen molar-refractivity contribution in [2.24, 2.45) is 0 Å². The Bertz CT molecular complexity index is 981. The molecular weight excluding hydrogens is 396 g/mol. The van der Waals surface area contributed by atoms with E-state index in [0.717, 1.165) is 26.2 Å². The Morgan fingerprint density at radius 1 is 0.844 bits per heavy atom. The molecule has 1 fully saturated rings. The third-order valence-corrected chi connectivity index (χ3v) is 6.16. The molecule has 1 saturated heterocycles. The van der Waals surface area contributed by atoms with Crippen molar-refractivity contribution in [2.75, 3.05) is 56.6 Å². The molecule has 1 amide bonds. The van der Waals surface area contributed by atoms with Crippen molar-refractivity contribution < 1.29 is 4.79 Å². The molecule has 1 N–H and O–H groups in total. The summed E-state index contributed by atoms with van der Waals surface area (Å²) in [6, 6.07) is 28.9. The summed E-state index contributed by atoms with van der Waals surface area (Å²) in [5.41, 5.74) is 4.38. The zero-order chi connectivity index (χ0) is 22.3. The molecule has 0 spiro atoms. The van der Waals surface area contributed by atoms with Crippen LogP contribution in [-0.2, 0) is 0 Å². The molecule has 5 heteroatoms. The van der Waals surface area contributed by atoms with Crippen LogP contribution in [-0.4, -0.2) is 57.6 Å². The van der Waals surface area contributed by atoms with E-state index in [1.54, 1.807) is 0 Å². The zero-order valence-corrected chi connectivity index (χ0v) is 18.9. The van der Waals surface area contributed by atoms with Crippen LogP contribution in [0.25, 0.3) is 0 Å². The van der Waals surface area contributed by atoms with E-state index in [4.69, 9.17) is 0 Å². The lowest BCUT2D eigenvalue weighted by molar-refractivity contribution is 0.0930. The zero-order valence-electron chi connectivity index (χ0n) is 18.9. The summed E-state index contributed by atoms with van der Waals surface area (Å²) < 4.78 is 0. The lowest BCUT2D eigenvalue weighted by Gasteiger charge is -2.40. The van der Waals surface area contributed by atoms with E-state index in [1.807, 2.05) is 30.3 Å². The minimum absolute atomic E-state index is 0.0246. The lowest BCUT2D eigenvalue weighted by atomic mass is 10.0. The van der Waals surface area contributed by atoms with Crippen molar-refractivity contribution in [2.45, 2.75) is 6.04 Å². The summed E-state index contributed by atoms with van der Waals surface area (Å²) in [7, 11) is 4.10. The third-order valence-electron chi connectivity index (χ3n) is 6.16. The van der Waals surface area contributed by atoms with E-state index in [2.05, 4.69) is 88.7 Å². The van der Waals surface area contributed by atoms with Crippen LogP contribution in [0.5, 0.6) is 0 Å². The Labute approximate surface area is 191 Å². The van der Waals surface area contributed by atoms with E-state index < -0.39 is 0 Å². The molecule has 0 radical (unpaired) electrons. The van der Waals surface area contributed by atoms with Crippen molar-refractivity contribution in [1.29, 1.82) is 0 Å². The number of rotatable bonds is 7. The Hall–Kier alpha value is -3.31. The first-order chi connectivity index (χ1) is 15.6. The lowest BCUT2D eigenvalue weighted by Crippen LogP contribution is -2.50. The molecule has 3 aromatic rings. The second-order valence-corrected chi connectivity index (χ2v) is 8.44. The first kappa shape index (κ1) is 21.9. The highest BCUT2D eigenvalue weighted by molar-refractivity contribution is 5.94. The molecule has 4 rings (SSSR count). The van der Waals surface area contributed by atoms with Gasteiger partial charge in [-0.05, 0) is 42.0 Å². The average molecular weight is 429 g/mol. The first-order valence-electron chi connectivity index (χ1n) is 11.3. The predicted octanol–water partition coefficient (Wildman–Crippen LogP) is 4.05. The van der Waals surface area contributed by atoms with Gasteiger partial charge in [-0.2, -0.15) is 0 Å². The van der Waals surface area contributed by atoms with Gasteiger partial charge in [-0.3, -0.25) is 9.69 Å². The number of anilines is 2. The number of amides is 1. The number of para-hydroxylation sites is 1. The van der Waals surface area contributed by atoms with Gasteiger partial charge in [0, 0.05) is 63.8 Å². The SMILES string of the molecule is CN(C)c1ccc(C(CNC(=O)c2ccccc2)N2CCN(c3ccccc3)CC2)cc1. The van der Waals surface area contributed by atoms with E-state index in [-0.39, 0.29) is 11.9 Å². The molecule has 5 nitrogen and oxygen atoms in total. The Balaban J connectivity index is 1.48. The summed E-state index contributed by atoms with van der Waals surface area (Å²) in [6.07, 6.45) is 0. The summed E-state index contributed by atoms with van der Waals surface area (Å²) in [4.78, 5) is 19.7. The minimum atomic E-state index is -0.0246. The van der Waals surface area contributed by atoms with Crippen LogP contribution in [0.1, 0.15) is 22.0 Å². The minimum Gasteiger partial charge on any atom is -0.378 e. The predicted molar refractivity (Wildman–Crippen MR) is 133 cm³/mol. The van der Waals surface area contributed by atoms with Gasteiger partial charge in [0.25, 0.3) is 5.91 Å². The molecule has 1 unspecified atom stereocenters. The maximum atomic E-state index is 12.7. The highest BCUT2D eigenvalue weighted by atomic mass is 16.1. The van der Waals surface area contributed by atoms with Crippen LogP contribution < -0.4 is 15.1 Å². The number of hydrogen-bond acceptors (Lipinski definition) is 4. The van der Waals surface area contributed by atoms with Gasteiger partial charge in [0.1, 0.15) is 0 Å². The van der Waals surface area contributed by atoms with E-state index in [0.29, 0.717) is 12.1 Å². The second-order valence-electron chi connectivity index (χ2n) is 8.44. The Morgan fingerprint density at radius 3 is 2.03 bits per heavy atom. The second kappa shape index (κ2) is 10.3. The number of hydrogen-bond donors (Lipinski definition) is 1. The van der Waals surface area contributed by atoms with Crippen LogP contribution in [0.15, 0.2) is 84.9 Å². The molecule has 166 valence electrons. The molecule has 1 heterocycles. The Kier molecular flexibility index (Phi) is 7.07. The van der Waals surface area contributed by atoms with Crippen LogP contribution in [0.3, 0.4) is 0 Å². The fraction of sp³-hybridized carbons (Fsp3) is 0.296. The van der Waals surface area contributed by atoms with E-state index in [1.165, 1.54) is 16.9 Å². The van der Waals surface area contributed by atoms with Gasteiger partial charge in [-0.15, -0.1) is 0 Å². The van der Waals surface area contributed by atoms with Gasteiger partial charge in [-0.1, -0.05) is 48.5 Å². The summed E-state index contributed by atoms with van der Waals surface area (Å²) >= 11 is 0. The summed E-state index contributed by atoms with van der Waals surface area (Å²) in [5.74, 6) is -0.0246. The van der Waals surface area contributed by atoms with Crippen LogP contribution >= 0.6 is 0 Å². The molecule has 32 heavy (non-hydrogen) atoms. The number of piperazine rings is 1. The van der Waals surface area contributed by atoms with Crippen molar-refractivity contribution in [3.63, 3.8) is 0 Å². The number of nitrogens with zero attached hydrogens (tertiary/aromatic N) is 3. The van der Waals surface area contributed by atoms with Crippen molar-refractivity contribution in [1.82, 2.24) is 10.2 Å². The first-order valence-corrected chi connectivity index (χ1v) is 11.3. The smallest absolute Gasteiger partial charge is 0.251 e. The van der Waals surface area contributed by atoms with E-state index >= 15 is 0 Å². The number of benzene rings is 3. The van der Waals surface area contributed by atoms with Gasteiger partial charge >= 0.3 is 0 Å². The molecule has 1 aliphatic heterocycles. The number of carbonyl (C=O) groups excluding carboxylic acids is 1. The molecule has 1 aliphatic rings. The maximum Gasteiger partial charge on any atom is 0.251 e. The van der Waals surface area contributed by atoms with Crippen molar-refractivity contribution >= 4 is 17.3 Å². The maximum absolute atomic E-state index is 12.7. The highest BCUT2D eigenvalue weighted by Gasteiger charge is 2.26. The number of carbonyl (C=O) groups is 1. The average Bonchev–Trinajstić information content (AvgIpc) is 2.86.